The number of nitrogens with zero attached hydrogens (tertiary/aromatic N) is 1. The first-order valence-corrected chi connectivity index (χ1v) is 23.6. The van der Waals surface area contributed by atoms with Crippen molar-refractivity contribution in [1.29, 1.82) is 0 Å². The molecule has 2 heterocycles. The maximum absolute atomic E-state index is 14.5. The molecule has 61 heavy (non-hydrogen) atoms. The molecule has 1 amide bonds. The Morgan fingerprint density at radius 1 is 0.885 bits per heavy atom. The van der Waals surface area contributed by atoms with Gasteiger partial charge in [0, 0.05) is 19.7 Å². The highest BCUT2D eigenvalue weighted by Crippen LogP contribution is 2.50. The van der Waals surface area contributed by atoms with Gasteiger partial charge in [-0.25, -0.2) is 13.2 Å². The minimum atomic E-state index is -4.22. The number of hydrogen-bond acceptors (Lipinski definition) is 12. The number of alkyl carbamates (subject to hydrolysis) is 1. The highest BCUT2D eigenvalue weighted by Gasteiger charge is 2.44. The van der Waals surface area contributed by atoms with Gasteiger partial charge in [-0.3, -0.25) is 4.57 Å². The fraction of sp³-hybridized carbons (Fsp3) is 0.444. The summed E-state index contributed by atoms with van der Waals surface area (Å²) in [4.78, 5) is 13.4. The van der Waals surface area contributed by atoms with Crippen molar-refractivity contribution in [3.05, 3.63) is 132 Å². The average Bonchev–Trinajstić information content (AvgIpc) is 3.90. The fourth-order valence-corrected chi connectivity index (χ4v) is 10.1. The van der Waals surface area contributed by atoms with Gasteiger partial charge in [0.15, 0.2) is 6.29 Å². The zero-order chi connectivity index (χ0) is 43.3. The van der Waals surface area contributed by atoms with E-state index in [-0.39, 0.29) is 63.1 Å². The van der Waals surface area contributed by atoms with Crippen LogP contribution in [0.2, 0.25) is 0 Å². The summed E-state index contributed by atoms with van der Waals surface area (Å²) in [6.07, 6.45) is -2.15. The van der Waals surface area contributed by atoms with Crippen molar-refractivity contribution in [1.82, 2.24) is 9.62 Å². The van der Waals surface area contributed by atoms with E-state index in [2.05, 4.69) is 5.32 Å². The normalized spacial score (nSPS) is 19.0. The molecule has 0 aliphatic carbocycles. The average molecular weight is 881 g/mol. The highest BCUT2D eigenvalue weighted by molar-refractivity contribution is 7.89. The molecule has 16 heteroatoms. The number of methoxy groups -OCH3 is 1. The van der Waals surface area contributed by atoms with Crippen molar-refractivity contribution in [2.45, 2.75) is 75.8 Å². The number of ether oxygens (including phenoxy) is 5. The zero-order valence-corrected chi connectivity index (χ0v) is 36.6. The monoisotopic (exact) mass is 880 g/mol. The van der Waals surface area contributed by atoms with Gasteiger partial charge < -0.3 is 43.2 Å². The Labute approximate surface area is 359 Å². The largest absolute Gasteiger partial charge is 0.497 e. The molecule has 2 N–H and O–H groups in total. The van der Waals surface area contributed by atoms with E-state index >= 15 is 0 Å². The molecule has 2 aliphatic rings. The van der Waals surface area contributed by atoms with Crippen LogP contribution in [-0.2, 0) is 62.2 Å². The van der Waals surface area contributed by atoms with E-state index in [0.717, 1.165) is 16.7 Å². The summed E-state index contributed by atoms with van der Waals surface area (Å²) in [5, 5.41) is 14.8. The molecule has 0 unspecified atom stereocenters. The van der Waals surface area contributed by atoms with Gasteiger partial charge in [-0.15, -0.1) is 0 Å². The van der Waals surface area contributed by atoms with Gasteiger partial charge in [0.2, 0.25) is 10.0 Å². The second kappa shape index (κ2) is 21.8. The number of fused-ring (bicyclic) bond motifs is 1. The molecule has 2 fully saturated rings. The topological polar surface area (TPSA) is 168 Å². The summed E-state index contributed by atoms with van der Waals surface area (Å²) in [5.74, 6) is 0.393. The molecule has 4 aromatic carbocycles. The Kier molecular flexibility index (Phi) is 16.5. The van der Waals surface area contributed by atoms with Crippen LogP contribution in [0.15, 0.2) is 120 Å². The van der Waals surface area contributed by atoms with E-state index < -0.39 is 53.7 Å². The summed E-state index contributed by atoms with van der Waals surface area (Å²) >= 11 is 0. The van der Waals surface area contributed by atoms with E-state index in [4.69, 9.17) is 32.7 Å². The van der Waals surface area contributed by atoms with Crippen molar-refractivity contribution in [3.8, 4) is 5.75 Å². The lowest BCUT2D eigenvalue weighted by molar-refractivity contribution is -0.0907. The number of benzene rings is 4. The first kappa shape index (κ1) is 46.4. The molecular formula is C45H57N2O12PS. The fourth-order valence-electron chi connectivity index (χ4n) is 7.19. The molecule has 0 aromatic heterocycles. The standard InChI is InChI=1S/C45H57N2O12PS/c1-45(2,24-26-54-33-60(50,57-29-35-15-9-5-10-16-35)58-30-36-17-11-6-12-18-36)32-47(61(51,52)38-21-19-37(53-3)20-22-38)28-41(48)40(27-34-13-7-4-8-14-34)46-44(49)59-42-31-56-43-39(42)23-25-55-43/h4-22,39-43,48H,23-33H2,1-3H3,(H,46,49)/t39-,40-,41+,42-,43+/m0/s1. The van der Waals surface area contributed by atoms with Gasteiger partial charge in [0.1, 0.15) is 18.2 Å². The number of rotatable bonds is 23. The lowest BCUT2D eigenvalue weighted by Gasteiger charge is -2.35. The van der Waals surface area contributed by atoms with Crippen LogP contribution in [0.3, 0.4) is 0 Å². The van der Waals surface area contributed by atoms with Gasteiger partial charge in [0.05, 0.1) is 56.5 Å². The summed E-state index contributed by atoms with van der Waals surface area (Å²) in [7, 11) is -6.48. The SMILES string of the molecule is COc1ccc(S(=O)(=O)N(C[C@@H](O)[C@H](Cc2ccccc2)NC(=O)O[C@H]2CO[C@H]3OCC[C@H]32)CC(C)(C)CCOCP(=O)(OCc2ccccc2)OCc2ccccc2)cc1. The molecule has 0 radical (unpaired) electrons. The molecule has 5 atom stereocenters. The predicted molar refractivity (Wildman–Crippen MR) is 228 cm³/mol. The highest BCUT2D eigenvalue weighted by atomic mass is 32.2. The Bertz CT molecular complexity index is 2070. The quantitative estimate of drug-likeness (QED) is 0.0571. The minimum Gasteiger partial charge on any atom is -0.497 e. The molecule has 2 aliphatic heterocycles. The van der Waals surface area contributed by atoms with Crippen molar-refractivity contribution in [2.75, 3.05) is 46.4 Å². The van der Waals surface area contributed by atoms with Crippen LogP contribution < -0.4 is 10.1 Å². The lowest BCUT2D eigenvalue weighted by atomic mass is 9.89. The van der Waals surface area contributed by atoms with Crippen LogP contribution in [0.4, 0.5) is 4.79 Å². The number of nitrogens with one attached hydrogen (secondary N) is 1. The third-order valence-corrected chi connectivity index (χ3v) is 14.1. The number of aliphatic hydroxyl groups is 1. The van der Waals surface area contributed by atoms with Gasteiger partial charge >= 0.3 is 13.7 Å². The summed E-state index contributed by atoms with van der Waals surface area (Å²) in [6.45, 7) is 4.30. The number of carbonyl (C=O) groups excluding carboxylic acids is 1. The Morgan fingerprint density at radius 3 is 2.07 bits per heavy atom. The first-order valence-electron chi connectivity index (χ1n) is 20.4. The molecule has 6 rings (SSSR count). The van der Waals surface area contributed by atoms with Crippen LogP contribution in [0.1, 0.15) is 43.4 Å². The van der Waals surface area contributed by atoms with Crippen molar-refractivity contribution < 1.29 is 55.6 Å². The maximum atomic E-state index is 14.5. The predicted octanol–water partition coefficient (Wildman–Crippen LogP) is 7.16. The Morgan fingerprint density at radius 2 is 1.48 bits per heavy atom. The second-order valence-corrected chi connectivity index (χ2v) is 20.0. The molecular weight excluding hydrogens is 824 g/mol. The number of sulfonamides is 1. The summed E-state index contributed by atoms with van der Waals surface area (Å²) < 4.78 is 84.1. The molecule has 0 bridgehead atoms. The van der Waals surface area contributed by atoms with Gasteiger partial charge in [-0.05, 0) is 65.6 Å². The molecule has 4 aromatic rings. The van der Waals surface area contributed by atoms with Gasteiger partial charge in [-0.1, -0.05) is 105 Å². The van der Waals surface area contributed by atoms with Crippen LogP contribution in [0.5, 0.6) is 5.75 Å². The van der Waals surface area contributed by atoms with Crippen molar-refractivity contribution in [2.24, 2.45) is 11.3 Å². The van der Waals surface area contributed by atoms with Crippen LogP contribution >= 0.6 is 7.60 Å². The van der Waals surface area contributed by atoms with Crippen LogP contribution in [0, 0.1) is 11.3 Å². The maximum Gasteiger partial charge on any atom is 0.407 e. The Hall–Kier alpha value is -4.15. The minimum absolute atomic E-state index is 0.00108. The van der Waals surface area contributed by atoms with Crippen LogP contribution in [-0.4, -0.2) is 94.8 Å². The van der Waals surface area contributed by atoms with Gasteiger partial charge in [0.25, 0.3) is 0 Å². The van der Waals surface area contributed by atoms with E-state index in [1.54, 1.807) is 12.1 Å². The first-order chi connectivity index (χ1) is 29.3. The lowest BCUT2D eigenvalue weighted by Crippen LogP contribution is -2.52. The van der Waals surface area contributed by atoms with Gasteiger partial charge in [-0.2, -0.15) is 4.31 Å². The molecule has 0 spiro atoms. The zero-order valence-electron chi connectivity index (χ0n) is 34.9. The summed E-state index contributed by atoms with van der Waals surface area (Å²) in [6, 6.07) is 33.1. The van der Waals surface area contributed by atoms with E-state index in [0.29, 0.717) is 25.2 Å². The third-order valence-electron chi connectivity index (χ3n) is 10.7. The molecule has 0 saturated carbocycles. The Balaban J connectivity index is 1.15. The van der Waals surface area contributed by atoms with E-state index in [1.807, 2.05) is 105 Å². The van der Waals surface area contributed by atoms with E-state index in [1.165, 1.54) is 23.5 Å². The third kappa shape index (κ3) is 13.7. The van der Waals surface area contributed by atoms with E-state index in [9.17, 15) is 22.9 Å². The number of aliphatic hydroxyl groups excluding tert-OH is 1. The van der Waals surface area contributed by atoms with Crippen LogP contribution in [0.25, 0.3) is 0 Å². The number of amides is 1. The number of carbonyl (C=O) groups is 1. The summed E-state index contributed by atoms with van der Waals surface area (Å²) in [5.41, 5.74) is 1.74. The second-order valence-electron chi connectivity index (χ2n) is 16.0. The molecule has 2 saturated heterocycles. The molecule has 14 nitrogen and oxygen atoms in total. The number of hydrogen-bond donors (Lipinski definition) is 2. The van der Waals surface area contributed by atoms with Crippen molar-refractivity contribution in [3.63, 3.8) is 0 Å². The molecule has 330 valence electrons. The van der Waals surface area contributed by atoms with Crippen molar-refractivity contribution >= 4 is 23.7 Å². The smallest absolute Gasteiger partial charge is 0.407 e.